The molecule has 0 saturated carbocycles. The highest BCUT2D eigenvalue weighted by Crippen LogP contribution is 2.26. The van der Waals surface area contributed by atoms with E-state index in [9.17, 15) is 0 Å². The molecule has 1 aromatic heterocycles. The first-order valence-electron chi connectivity index (χ1n) is 7.40. The third-order valence-corrected chi connectivity index (χ3v) is 4.00. The van der Waals surface area contributed by atoms with Crippen molar-refractivity contribution >= 4 is 11.6 Å². The van der Waals surface area contributed by atoms with Crippen molar-refractivity contribution in [3.05, 3.63) is 47.5 Å². The van der Waals surface area contributed by atoms with Gasteiger partial charge >= 0.3 is 0 Å². The fourth-order valence-corrected chi connectivity index (χ4v) is 2.76. The average Bonchev–Trinajstić information content (AvgIpc) is 2.86. The number of hydrogen-bond donors (Lipinski definition) is 0. The second kappa shape index (κ2) is 6.50. The Balaban J connectivity index is 1.50. The number of nitrogens with zero attached hydrogens (tertiary/aromatic N) is 3. The van der Waals surface area contributed by atoms with E-state index in [1.165, 1.54) is 0 Å². The van der Waals surface area contributed by atoms with Crippen molar-refractivity contribution in [3.8, 4) is 5.75 Å². The maximum Gasteiger partial charge on any atom is 0.138 e. The van der Waals surface area contributed by atoms with Gasteiger partial charge in [-0.25, -0.2) is 4.98 Å². The van der Waals surface area contributed by atoms with Crippen LogP contribution in [0.4, 0.5) is 0 Å². The molecule has 1 aliphatic heterocycles. The monoisotopic (exact) mass is 305 g/mol. The van der Waals surface area contributed by atoms with E-state index in [0.717, 1.165) is 44.2 Å². The number of aromatic nitrogens is 2. The van der Waals surface area contributed by atoms with Crippen LogP contribution in [-0.4, -0.2) is 33.6 Å². The van der Waals surface area contributed by atoms with Crippen LogP contribution in [0.3, 0.4) is 0 Å². The van der Waals surface area contributed by atoms with Gasteiger partial charge in [0.05, 0.1) is 11.6 Å². The third-order valence-electron chi connectivity index (χ3n) is 3.69. The quantitative estimate of drug-likeness (QED) is 0.821. The predicted octanol–water partition coefficient (Wildman–Crippen LogP) is 3.21. The van der Waals surface area contributed by atoms with Gasteiger partial charge in [-0.2, -0.15) is 0 Å². The number of halogens is 1. The summed E-state index contributed by atoms with van der Waals surface area (Å²) in [6, 6.07) is 7.63. The molecule has 0 amide bonds. The molecule has 2 heterocycles. The number of para-hydroxylation sites is 1. The van der Waals surface area contributed by atoms with Gasteiger partial charge in [-0.3, -0.25) is 4.90 Å². The lowest BCUT2D eigenvalue weighted by Gasteiger charge is -2.38. The maximum atomic E-state index is 6.10. The van der Waals surface area contributed by atoms with Gasteiger partial charge in [0.15, 0.2) is 0 Å². The molecular weight excluding hydrogens is 286 g/mol. The molecule has 21 heavy (non-hydrogen) atoms. The first-order valence-corrected chi connectivity index (χ1v) is 7.77. The van der Waals surface area contributed by atoms with Crippen molar-refractivity contribution in [1.29, 1.82) is 0 Å². The molecule has 2 aromatic rings. The maximum absolute atomic E-state index is 6.10. The van der Waals surface area contributed by atoms with Crippen molar-refractivity contribution < 1.29 is 4.74 Å². The van der Waals surface area contributed by atoms with Crippen LogP contribution in [0.25, 0.3) is 0 Å². The van der Waals surface area contributed by atoms with Gasteiger partial charge in [0.2, 0.25) is 0 Å². The van der Waals surface area contributed by atoms with E-state index in [1.54, 1.807) is 0 Å². The van der Waals surface area contributed by atoms with Gasteiger partial charge in [-0.1, -0.05) is 30.7 Å². The first-order chi connectivity index (χ1) is 10.3. The molecule has 1 aromatic carbocycles. The highest BCUT2D eigenvalue weighted by atomic mass is 35.5. The zero-order valence-electron chi connectivity index (χ0n) is 12.2. The van der Waals surface area contributed by atoms with Crippen molar-refractivity contribution in [3.63, 3.8) is 0 Å². The summed E-state index contributed by atoms with van der Waals surface area (Å²) in [6.45, 7) is 5.94. The summed E-state index contributed by atoms with van der Waals surface area (Å²) >= 11 is 6.10. The minimum absolute atomic E-state index is 0.222. The van der Waals surface area contributed by atoms with Crippen LogP contribution < -0.4 is 4.74 Å². The molecule has 1 saturated heterocycles. The minimum atomic E-state index is 0.222. The molecule has 0 bridgehead atoms. The van der Waals surface area contributed by atoms with E-state index in [0.29, 0.717) is 5.02 Å². The molecular formula is C16H20ClN3O. The number of rotatable bonds is 6. The second-order valence-corrected chi connectivity index (χ2v) is 5.81. The van der Waals surface area contributed by atoms with E-state index in [2.05, 4.69) is 27.6 Å². The van der Waals surface area contributed by atoms with Gasteiger partial charge in [0, 0.05) is 32.0 Å². The lowest BCUT2D eigenvalue weighted by molar-refractivity contribution is 0.0124. The zero-order valence-corrected chi connectivity index (χ0v) is 13.0. The van der Waals surface area contributed by atoms with E-state index < -0.39 is 0 Å². The van der Waals surface area contributed by atoms with Crippen LogP contribution in [0.15, 0.2) is 36.7 Å². The molecule has 4 nitrogen and oxygen atoms in total. The van der Waals surface area contributed by atoms with Gasteiger partial charge in [-0.05, 0) is 18.6 Å². The summed E-state index contributed by atoms with van der Waals surface area (Å²) in [5, 5.41) is 0.675. The first kappa shape index (κ1) is 14.4. The number of likely N-dealkylation sites (tertiary alicyclic amines) is 1. The Hall–Kier alpha value is -1.52. The van der Waals surface area contributed by atoms with Crippen molar-refractivity contribution in [2.45, 2.75) is 32.5 Å². The van der Waals surface area contributed by atoms with Gasteiger partial charge in [-0.15, -0.1) is 0 Å². The molecule has 1 fully saturated rings. The molecule has 3 rings (SSSR count). The normalized spacial score (nSPS) is 15.9. The Labute approximate surface area is 130 Å². The summed E-state index contributed by atoms with van der Waals surface area (Å²) in [6.07, 6.45) is 5.28. The molecule has 0 N–H and O–H groups in total. The molecule has 5 heteroatoms. The SMILES string of the molecule is CCCn1ccnc1CN1CC(Oc2ccccc2Cl)C1. The van der Waals surface area contributed by atoms with Crippen molar-refractivity contribution in [1.82, 2.24) is 14.5 Å². The Morgan fingerprint density at radius 3 is 2.90 bits per heavy atom. The molecule has 1 aliphatic rings. The van der Waals surface area contributed by atoms with Gasteiger partial charge in [0.1, 0.15) is 17.7 Å². The molecule has 0 spiro atoms. The topological polar surface area (TPSA) is 30.3 Å². The highest BCUT2D eigenvalue weighted by molar-refractivity contribution is 6.32. The fraction of sp³-hybridized carbons (Fsp3) is 0.438. The number of hydrogen-bond acceptors (Lipinski definition) is 3. The van der Waals surface area contributed by atoms with E-state index in [-0.39, 0.29) is 6.10 Å². The molecule has 0 radical (unpaired) electrons. The number of benzene rings is 1. The van der Waals surface area contributed by atoms with Crippen LogP contribution in [0.5, 0.6) is 5.75 Å². The van der Waals surface area contributed by atoms with Crippen LogP contribution in [-0.2, 0) is 13.1 Å². The van der Waals surface area contributed by atoms with Crippen LogP contribution in [0.2, 0.25) is 5.02 Å². The van der Waals surface area contributed by atoms with Crippen molar-refractivity contribution in [2.75, 3.05) is 13.1 Å². The van der Waals surface area contributed by atoms with Gasteiger partial charge < -0.3 is 9.30 Å². The highest BCUT2D eigenvalue weighted by Gasteiger charge is 2.29. The molecule has 112 valence electrons. The second-order valence-electron chi connectivity index (χ2n) is 5.40. The fourth-order valence-electron chi connectivity index (χ4n) is 2.58. The summed E-state index contributed by atoms with van der Waals surface area (Å²) in [4.78, 5) is 6.78. The summed E-state index contributed by atoms with van der Waals surface area (Å²) in [5.41, 5.74) is 0. The van der Waals surface area contributed by atoms with Crippen LogP contribution in [0.1, 0.15) is 19.2 Å². The van der Waals surface area contributed by atoms with E-state index in [1.807, 2.05) is 30.5 Å². The molecule has 0 unspecified atom stereocenters. The average molecular weight is 306 g/mol. The summed E-state index contributed by atoms with van der Waals surface area (Å²) < 4.78 is 8.13. The zero-order chi connectivity index (χ0) is 14.7. The largest absolute Gasteiger partial charge is 0.486 e. The molecule has 0 atom stereocenters. The number of imidazole rings is 1. The molecule has 0 aliphatic carbocycles. The van der Waals surface area contributed by atoms with E-state index >= 15 is 0 Å². The lowest BCUT2D eigenvalue weighted by atomic mass is 10.1. The van der Waals surface area contributed by atoms with E-state index in [4.69, 9.17) is 16.3 Å². The minimum Gasteiger partial charge on any atom is -0.486 e. The Morgan fingerprint density at radius 2 is 2.14 bits per heavy atom. The Morgan fingerprint density at radius 1 is 1.33 bits per heavy atom. The van der Waals surface area contributed by atoms with Crippen LogP contribution in [0, 0.1) is 0 Å². The van der Waals surface area contributed by atoms with Crippen LogP contribution >= 0.6 is 11.6 Å². The standard InChI is InChI=1S/C16H20ClN3O/c1-2-8-20-9-7-18-16(20)12-19-10-13(11-19)21-15-6-4-3-5-14(15)17/h3-7,9,13H,2,8,10-12H2,1H3. The Kier molecular flexibility index (Phi) is 4.46. The van der Waals surface area contributed by atoms with Gasteiger partial charge in [0.25, 0.3) is 0 Å². The van der Waals surface area contributed by atoms with Crippen molar-refractivity contribution in [2.24, 2.45) is 0 Å². The summed E-state index contributed by atoms with van der Waals surface area (Å²) in [5.74, 6) is 1.91. The third kappa shape index (κ3) is 3.39. The summed E-state index contributed by atoms with van der Waals surface area (Å²) in [7, 11) is 0. The lowest BCUT2D eigenvalue weighted by Crippen LogP contribution is -2.53. The predicted molar refractivity (Wildman–Crippen MR) is 83.7 cm³/mol. The number of ether oxygens (including phenoxy) is 1. The smallest absolute Gasteiger partial charge is 0.138 e. The number of aryl methyl sites for hydroxylation is 1. The Bertz CT molecular complexity index is 593.